The van der Waals surface area contributed by atoms with E-state index in [4.69, 9.17) is 0 Å². The van der Waals surface area contributed by atoms with E-state index < -0.39 is 11.9 Å². The summed E-state index contributed by atoms with van der Waals surface area (Å²) < 4.78 is 3.19. The number of amides is 2. The van der Waals surface area contributed by atoms with Crippen LogP contribution in [-0.2, 0) is 16.6 Å². The maximum Gasteiger partial charge on any atom is 0.329 e. The summed E-state index contributed by atoms with van der Waals surface area (Å²) in [6.45, 7) is 5.10. The predicted octanol–water partition coefficient (Wildman–Crippen LogP) is 1.24. The topological polar surface area (TPSA) is 79.6 Å². The normalized spacial score (nSPS) is 21.2. The standard InChI is InChI=1S/C21H29N5O3/c1-4-23(2)14-10-12-25(13-11-14)15-6-5-7-16-19(15)24(3)21(29)26(16)17-8-9-18(27)22-20(17)28/h5-7,14,17H,4,8-13H2,1-3H3,(H,22,27,28). The average molecular weight is 399 g/mol. The molecule has 1 unspecified atom stereocenters. The van der Waals surface area contributed by atoms with Crippen molar-refractivity contribution in [1.29, 1.82) is 0 Å². The molecule has 2 fully saturated rings. The van der Waals surface area contributed by atoms with Gasteiger partial charge in [-0.3, -0.25) is 24.0 Å². The molecule has 0 radical (unpaired) electrons. The molecule has 0 saturated carbocycles. The van der Waals surface area contributed by atoms with Crippen molar-refractivity contribution in [2.45, 2.75) is 44.7 Å². The third kappa shape index (κ3) is 3.35. The van der Waals surface area contributed by atoms with Crippen molar-refractivity contribution in [3.05, 3.63) is 28.7 Å². The minimum absolute atomic E-state index is 0.220. The quantitative estimate of drug-likeness (QED) is 0.783. The molecule has 3 heterocycles. The molecule has 0 spiro atoms. The van der Waals surface area contributed by atoms with E-state index in [2.05, 4.69) is 35.2 Å². The fourth-order valence-electron chi connectivity index (χ4n) is 4.71. The molecule has 156 valence electrons. The van der Waals surface area contributed by atoms with Gasteiger partial charge < -0.3 is 9.80 Å². The summed E-state index contributed by atoms with van der Waals surface area (Å²) in [6.07, 6.45) is 2.77. The molecule has 0 aliphatic carbocycles. The first kappa shape index (κ1) is 19.7. The molecule has 2 aliphatic rings. The zero-order valence-electron chi connectivity index (χ0n) is 17.4. The molecule has 4 rings (SSSR count). The number of piperidine rings is 2. The molecule has 8 heteroatoms. The van der Waals surface area contributed by atoms with E-state index in [0.717, 1.165) is 49.2 Å². The molecule has 2 amide bonds. The van der Waals surface area contributed by atoms with Gasteiger partial charge in [-0.25, -0.2) is 4.79 Å². The smallest absolute Gasteiger partial charge is 0.329 e. The van der Waals surface area contributed by atoms with Crippen LogP contribution in [-0.4, -0.2) is 58.6 Å². The number of aromatic nitrogens is 2. The first-order chi connectivity index (χ1) is 13.9. The van der Waals surface area contributed by atoms with Crippen LogP contribution in [0.25, 0.3) is 11.0 Å². The van der Waals surface area contributed by atoms with Crippen LogP contribution >= 0.6 is 0 Å². The Morgan fingerprint density at radius 1 is 1.14 bits per heavy atom. The van der Waals surface area contributed by atoms with E-state index in [1.54, 1.807) is 16.2 Å². The van der Waals surface area contributed by atoms with Gasteiger partial charge in [0, 0.05) is 32.6 Å². The van der Waals surface area contributed by atoms with Crippen LogP contribution in [0, 0.1) is 0 Å². The number of hydrogen-bond acceptors (Lipinski definition) is 5. The molecular formula is C21H29N5O3. The van der Waals surface area contributed by atoms with E-state index >= 15 is 0 Å². The number of fused-ring (bicyclic) bond motifs is 1. The molecule has 1 atom stereocenters. The van der Waals surface area contributed by atoms with E-state index in [0.29, 0.717) is 12.5 Å². The molecule has 2 saturated heterocycles. The zero-order valence-corrected chi connectivity index (χ0v) is 17.4. The van der Waals surface area contributed by atoms with E-state index in [9.17, 15) is 14.4 Å². The maximum absolute atomic E-state index is 13.1. The van der Waals surface area contributed by atoms with Crippen LogP contribution in [0.2, 0.25) is 0 Å². The molecule has 1 aromatic heterocycles. The van der Waals surface area contributed by atoms with Gasteiger partial charge in [0.05, 0.1) is 16.7 Å². The monoisotopic (exact) mass is 399 g/mol. The Balaban J connectivity index is 1.71. The summed E-state index contributed by atoms with van der Waals surface area (Å²) >= 11 is 0. The summed E-state index contributed by atoms with van der Waals surface area (Å²) in [4.78, 5) is 41.7. The molecule has 2 aliphatic heterocycles. The Bertz CT molecular complexity index is 1000. The van der Waals surface area contributed by atoms with Crippen molar-refractivity contribution in [3.63, 3.8) is 0 Å². The molecular weight excluding hydrogens is 370 g/mol. The van der Waals surface area contributed by atoms with E-state index in [1.807, 2.05) is 12.1 Å². The third-order valence-corrected chi connectivity index (χ3v) is 6.53. The highest BCUT2D eigenvalue weighted by Gasteiger charge is 2.32. The highest BCUT2D eigenvalue weighted by molar-refractivity contribution is 6.00. The Morgan fingerprint density at radius 2 is 1.86 bits per heavy atom. The van der Waals surface area contributed by atoms with Crippen LogP contribution < -0.4 is 15.9 Å². The van der Waals surface area contributed by atoms with Gasteiger partial charge in [-0.2, -0.15) is 0 Å². The first-order valence-corrected chi connectivity index (χ1v) is 10.4. The second-order valence-electron chi connectivity index (χ2n) is 8.11. The van der Waals surface area contributed by atoms with Crippen molar-refractivity contribution in [1.82, 2.24) is 19.4 Å². The highest BCUT2D eigenvalue weighted by atomic mass is 16.2. The van der Waals surface area contributed by atoms with Crippen LogP contribution in [0.1, 0.15) is 38.6 Å². The number of nitrogens with one attached hydrogen (secondary N) is 1. The number of imide groups is 1. The van der Waals surface area contributed by atoms with Gasteiger partial charge in [0.15, 0.2) is 0 Å². The summed E-state index contributed by atoms with van der Waals surface area (Å²) in [5, 5.41) is 2.37. The number of imidazole rings is 1. The first-order valence-electron chi connectivity index (χ1n) is 10.4. The number of anilines is 1. The Hall–Kier alpha value is -2.61. The minimum Gasteiger partial charge on any atom is -0.370 e. The Morgan fingerprint density at radius 3 is 2.52 bits per heavy atom. The van der Waals surface area contributed by atoms with E-state index in [-0.39, 0.29) is 18.0 Å². The number of benzene rings is 1. The zero-order chi connectivity index (χ0) is 20.7. The van der Waals surface area contributed by atoms with Gasteiger partial charge >= 0.3 is 5.69 Å². The molecule has 2 aromatic rings. The number of hydrogen-bond donors (Lipinski definition) is 1. The molecule has 8 nitrogen and oxygen atoms in total. The van der Waals surface area contributed by atoms with Crippen molar-refractivity contribution < 1.29 is 9.59 Å². The number of nitrogens with zero attached hydrogens (tertiary/aromatic N) is 4. The lowest BCUT2D eigenvalue weighted by Crippen LogP contribution is -2.44. The SMILES string of the molecule is CCN(C)C1CCN(c2cccc3c2n(C)c(=O)n3C2CCC(=O)NC2=O)CC1. The van der Waals surface area contributed by atoms with Crippen molar-refractivity contribution in [2.24, 2.45) is 7.05 Å². The van der Waals surface area contributed by atoms with Crippen LogP contribution in [0.15, 0.2) is 23.0 Å². The lowest BCUT2D eigenvalue weighted by atomic mass is 10.0. The van der Waals surface area contributed by atoms with Crippen molar-refractivity contribution in [2.75, 3.05) is 31.6 Å². The summed E-state index contributed by atoms with van der Waals surface area (Å²) in [7, 11) is 3.93. The summed E-state index contributed by atoms with van der Waals surface area (Å²) in [5.41, 5.74) is 2.41. The van der Waals surface area contributed by atoms with Gasteiger partial charge in [-0.05, 0) is 45.0 Å². The molecule has 0 bridgehead atoms. The minimum atomic E-state index is -0.650. The fraction of sp³-hybridized carbons (Fsp3) is 0.571. The van der Waals surface area contributed by atoms with Crippen LogP contribution in [0.3, 0.4) is 0 Å². The highest BCUT2D eigenvalue weighted by Crippen LogP contribution is 2.31. The number of carbonyl (C=O) groups is 2. The lowest BCUT2D eigenvalue weighted by Gasteiger charge is -2.37. The summed E-state index contributed by atoms with van der Waals surface area (Å²) in [6, 6.07) is 5.83. The third-order valence-electron chi connectivity index (χ3n) is 6.53. The predicted molar refractivity (Wildman–Crippen MR) is 112 cm³/mol. The maximum atomic E-state index is 13.1. The van der Waals surface area contributed by atoms with Crippen LogP contribution in [0.4, 0.5) is 5.69 Å². The van der Waals surface area contributed by atoms with Gasteiger partial charge in [0.2, 0.25) is 11.8 Å². The fourth-order valence-corrected chi connectivity index (χ4v) is 4.71. The number of aryl methyl sites for hydroxylation is 1. The van der Waals surface area contributed by atoms with Crippen LogP contribution in [0.5, 0.6) is 0 Å². The van der Waals surface area contributed by atoms with Gasteiger partial charge in [0.1, 0.15) is 6.04 Å². The Kier molecular flexibility index (Phi) is 5.21. The van der Waals surface area contributed by atoms with Gasteiger partial charge in [-0.1, -0.05) is 13.0 Å². The van der Waals surface area contributed by atoms with Gasteiger partial charge in [0.25, 0.3) is 0 Å². The number of rotatable bonds is 4. The number of carbonyl (C=O) groups excluding carboxylic acids is 2. The Labute approximate surface area is 170 Å². The summed E-state index contributed by atoms with van der Waals surface area (Å²) in [5.74, 6) is -0.676. The second-order valence-corrected chi connectivity index (χ2v) is 8.11. The largest absolute Gasteiger partial charge is 0.370 e. The average Bonchev–Trinajstić information content (AvgIpc) is 2.98. The van der Waals surface area contributed by atoms with E-state index in [1.165, 1.54) is 0 Å². The molecule has 1 aromatic carbocycles. The van der Waals surface area contributed by atoms with Crippen molar-refractivity contribution >= 4 is 28.5 Å². The van der Waals surface area contributed by atoms with Gasteiger partial charge in [-0.15, -0.1) is 0 Å². The second kappa shape index (κ2) is 7.67. The molecule has 1 N–H and O–H groups in total. The van der Waals surface area contributed by atoms with Crippen molar-refractivity contribution in [3.8, 4) is 0 Å². The number of para-hydroxylation sites is 1. The lowest BCUT2D eigenvalue weighted by molar-refractivity contribution is -0.135. The molecule has 29 heavy (non-hydrogen) atoms.